The van der Waals surface area contributed by atoms with Crippen molar-refractivity contribution < 1.29 is 66.7 Å². The number of allylic oxidation sites excluding steroid dienone is 5. The van der Waals surface area contributed by atoms with Gasteiger partial charge >= 0.3 is 17.9 Å². The third kappa shape index (κ3) is 11.5. The third-order valence-corrected chi connectivity index (χ3v) is 15.0. The number of aromatic nitrogens is 2. The summed E-state index contributed by atoms with van der Waals surface area (Å²) in [5.74, 6) is -7.01. The molecule has 76 heavy (non-hydrogen) atoms. The minimum Gasteiger partial charge on any atom is -0.507 e. The molecule has 6 atom stereocenters. The van der Waals surface area contributed by atoms with Gasteiger partial charge in [-0.15, -0.1) is 0 Å². The number of benzene rings is 1. The van der Waals surface area contributed by atoms with E-state index in [-0.39, 0.29) is 102 Å². The first-order valence-corrected chi connectivity index (χ1v) is 25.9. The number of aliphatic imine (C=N–C) groups is 1. The summed E-state index contributed by atoms with van der Waals surface area (Å²) in [7, 11) is 0. The van der Waals surface area contributed by atoms with E-state index >= 15 is 0 Å². The lowest BCUT2D eigenvalue weighted by atomic mass is 9.82. The molecule has 19 nitrogen and oxygen atoms in total. The normalized spacial score (nSPS) is 28.1. The standard InChI is InChI=1S/C54H67F3N8O11/c1-29(2)28-63-21-16-53(17-22-63)61-42-39-40-46(70)33(6)48-41(39)49(72)52(7,76-48)74-25-9-8-14-34(26-35(66)32(5)45(69)30(3)12-10-13-31(4)50(73)60-44(47(40)71)43(42)62-53)75-38(68)27-37(67)64-19-11-20-65(24-23-64)51-58-18-15-36(59-51)54(55,56)57/h9-10,12-13,15,18,25,29-30,32,34-35,45,62,66,69-70H,8,11,14,16-17,19-24,26-28H2,1-7H3,(H,60,73)/b12-10+,25-9+,31-13-/t30?,32-,34?,35?,45-,52-/m0/s1. The number of fused-ring (bicyclic) bond motifs is 13. The summed E-state index contributed by atoms with van der Waals surface area (Å²) in [4.78, 5) is 88.7. The van der Waals surface area contributed by atoms with E-state index in [1.165, 1.54) is 31.1 Å². The lowest BCUT2D eigenvalue weighted by molar-refractivity contribution is -0.155. The molecule has 22 heteroatoms. The molecule has 0 radical (unpaired) electrons. The highest BCUT2D eigenvalue weighted by Gasteiger charge is 2.54. The second-order valence-corrected chi connectivity index (χ2v) is 21.2. The van der Waals surface area contributed by atoms with Gasteiger partial charge in [0, 0.05) is 107 Å². The van der Waals surface area contributed by atoms with Gasteiger partial charge in [-0.05, 0) is 51.2 Å². The van der Waals surface area contributed by atoms with Gasteiger partial charge in [0.05, 0.1) is 41.0 Å². The van der Waals surface area contributed by atoms with Crippen molar-refractivity contribution in [2.75, 3.05) is 50.7 Å². The summed E-state index contributed by atoms with van der Waals surface area (Å²) >= 11 is 0. The number of halogens is 3. The van der Waals surface area contributed by atoms with Crippen LogP contribution in [-0.2, 0) is 30.0 Å². The average Bonchev–Trinajstić information content (AvgIpc) is 3.77. The Morgan fingerprint density at radius 1 is 1.00 bits per heavy atom. The van der Waals surface area contributed by atoms with Crippen molar-refractivity contribution in [2.24, 2.45) is 22.7 Å². The van der Waals surface area contributed by atoms with Gasteiger partial charge in [-0.2, -0.15) is 13.2 Å². The Hall–Kier alpha value is -6.65. The van der Waals surface area contributed by atoms with E-state index in [1.807, 2.05) is 0 Å². The third-order valence-electron chi connectivity index (χ3n) is 15.0. The molecule has 410 valence electrons. The first kappa shape index (κ1) is 55.6. The van der Waals surface area contributed by atoms with Crippen LogP contribution >= 0.6 is 0 Å². The van der Waals surface area contributed by atoms with Crippen molar-refractivity contribution in [3.05, 3.63) is 87.7 Å². The number of aromatic hydroxyl groups is 1. The highest BCUT2D eigenvalue weighted by atomic mass is 19.4. The fourth-order valence-electron chi connectivity index (χ4n) is 10.6. The maximum Gasteiger partial charge on any atom is 0.433 e. The lowest BCUT2D eigenvalue weighted by Gasteiger charge is -2.38. The fraction of sp³-hybridized carbons (Fsp3) is 0.556. The number of carbonyl (C=O) groups is 5. The number of esters is 1. The molecule has 2 fully saturated rings. The van der Waals surface area contributed by atoms with Gasteiger partial charge in [-0.3, -0.25) is 29.0 Å². The zero-order valence-electron chi connectivity index (χ0n) is 43.8. The maximum absolute atomic E-state index is 14.8. The van der Waals surface area contributed by atoms with Gasteiger partial charge in [-0.1, -0.05) is 45.9 Å². The zero-order valence-corrected chi connectivity index (χ0v) is 43.8. The van der Waals surface area contributed by atoms with E-state index in [9.17, 15) is 52.5 Å². The number of phenols is 1. The molecule has 1 spiro atoms. The monoisotopic (exact) mass is 1060 g/mol. The number of carbonyl (C=O) groups excluding carboxylic acids is 5. The molecule has 2 amide bonds. The van der Waals surface area contributed by atoms with Gasteiger partial charge in [0.25, 0.3) is 11.7 Å². The summed E-state index contributed by atoms with van der Waals surface area (Å²) < 4.78 is 58.3. The second kappa shape index (κ2) is 22.1. The number of nitrogens with one attached hydrogen (secondary N) is 2. The van der Waals surface area contributed by atoms with Crippen LogP contribution in [0.1, 0.15) is 124 Å². The van der Waals surface area contributed by atoms with Crippen molar-refractivity contribution in [1.82, 2.24) is 30.4 Å². The summed E-state index contributed by atoms with van der Waals surface area (Å²) in [6.45, 7) is 15.0. The summed E-state index contributed by atoms with van der Waals surface area (Å²) in [5, 5.41) is 41.1. The Morgan fingerprint density at radius 3 is 2.45 bits per heavy atom. The Balaban J connectivity index is 1.05. The highest BCUT2D eigenvalue weighted by molar-refractivity contribution is 6.34. The molecule has 7 aliphatic rings. The van der Waals surface area contributed by atoms with Gasteiger partial charge in [0.15, 0.2) is 0 Å². The number of aliphatic hydroxyl groups is 2. The zero-order chi connectivity index (χ0) is 55.0. The minimum atomic E-state index is -4.67. The summed E-state index contributed by atoms with van der Waals surface area (Å²) in [6.07, 6.45) is 1.44. The van der Waals surface area contributed by atoms with Gasteiger partial charge in [-0.25, -0.2) is 9.97 Å². The Labute approximate surface area is 438 Å². The maximum atomic E-state index is 14.8. The number of amides is 2. The van der Waals surface area contributed by atoms with Crippen LogP contribution in [0.5, 0.6) is 11.5 Å². The van der Waals surface area contributed by atoms with E-state index in [0.717, 1.165) is 18.8 Å². The van der Waals surface area contributed by atoms with Crippen LogP contribution in [0.25, 0.3) is 0 Å². The van der Waals surface area contributed by atoms with E-state index in [1.54, 1.807) is 43.9 Å². The highest BCUT2D eigenvalue weighted by Crippen LogP contribution is 2.50. The number of hydrogen-bond acceptors (Lipinski definition) is 17. The van der Waals surface area contributed by atoms with E-state index in [4.69, 9.17) is 19.2 Å². The molecule has 7 heterocycles. The first-order chi connectivity index (χ1) is 35.9. The number of alkyl halides is 3. The number of aliphatic hydroxyl groups excluding tert-OH is 2. The summed E-state index contributed by atoms with van der Waals surface area (Å²) in [5.41, 5.74) is -1.63. The molecule has 5 bridgehead atoms. The smallest absolute Gasteiger partial charge is 0.433 e. The number of likely N-dealkylation sites (tertiary alicyclic amines) is 1. The van der Waals surface area contributed by atoms with Crippen molar-refractivity contribution in [3.63, 3.8) is 0 Å². The van der Waals surface area contributed by atoms with Crippen LogP contribution in [0.2, 0.25) is 0 Å². The van der Waals surface area contributed by atoms with Gasteiger partial charge < -0.3 is 54.9 Å². The van der Waals surface area contributed by atoms with Crippen LogP contribution in [0.3, 0.4) is 0 Å². The van der Waals surface area contributed by atoms with Crippen LogP contribution in [0.15, 0.2) is 64.8 Å². The van der Waals surface area contributed by atoms with Crippen LogP contribution in [0, 0.1) is 24.7 Å². The molecule has 3 unspecified atom stereocenters. The fourth-order valence-corrected chi connectivity index (χ4v) is 10.6. The molecule has 6 aliphatic heterocycles. The van der Waals surface area contributed by atoms with Crippen molar-refractivity contribution in [3.8, 4) is 11.5 Å². The molecule has 1 aliphatic carbocycles. The molecule has 0 saturated carbocycles. The SMILES string of the molecule is C/C1=C/C=C/C(C)[C@H](O)[C@@H](C)C(O)CC(OC(=O)CC(=O)N2CCCN(c3nccc(C(F)(F)F)n3)CC2)CC/C=C/O[C@@]2(C)Oc3c(C)c(O)c4c(c3C2=O)C2=NC3(CCN(CC(C)C)CC3)NC2=C(NC1=O)C4=O. The Morgan fingerprint density at radius 2 is 1.74 bits per heavy atom. The van der Waals surface area contributed by atoms with Crippen LogP contribution in [-0.4, -0.2) is 146 Å². The molecule has 9 rings (SSSR count). The van der Waals surface area contributed by atoms with Gasteiger partial charge in [0.1, 0.15) is 41.1 Å². The topological polar surface area (TPSA) is 246 Å². The van der Waals surface area contributed by atoms with Crippen molar-refractivity contribution in [2.45, 2.75) is 129 Å². The Kier molecular flexibility index (Phi) is 16.2. The molecular weight excluding hydrogens is 994 g/mol. The number of ketones is 2. The van der Waals surface area contributed by atoms with Crippen molar-refractivity contribution in [1.29, 1.82) is 0 Å². The van der Waals surface area contributed by atoms with Crippen LogP contribution in [0.4, 0.5) is 19.1 Å². The molecule has 2 saturated heterocycles. The first-order valence-electron chi connectivity index (χ1n) is 25.9. The number of Topliss-reactive ketones (excluding diaryl/α,β-unsaturated/α-hetero) is 2. The molecule has 1 aromatic carbocycles. The number of phenolic OH excluding ortho intramolecular Hbond substituents is 1. The average molecular weight is 1060 g/mol. The van der Waals surface area contributed by atoms with E-state index in [0.29, 0.717) is 38.3 Å². The molecular formula is C54H67F3N8O11. The number of rotatable bonds is 6. The molecule has 2 aromatic rings. The number of nitrogens with zero attached hydrogens (tertiary/aromatic N) is 6. The van der Waals surface area contributed by atoms with E-state index < -0.39 is 95.0 Å². The number of ether oxygens (including phenoxy) is 3. The lowest BCUT2D eigenvalue weighted by Crippen LogP contribution is -2.50. The second-order valence-electron chi connectivity index (χ2n) is 21.2. The number of anilines is 1. The minimum absolute atomic E-state index is 0.00782. The van der Waals surface area contributed by atoms with Gasteiger partial charge in [0.2, 0.25) is 17.6 Å². The van der Waals surface area contributed by atoms with Crippen molar-refractivity contribution >= 4 is 41.0 Å². The Bertz CT molecular complexity index is 2800. The van der Waals surface area contributed by atoms with Crippen LogP contribution < -0.4 is 20.3 Å². The summed E-state index contributed by atoms with van der Waals surface area (Å²) in [6, 6.07) is 0.776. The largest absolute Gasteiger partial charge is 0.507 e. The van der Waals surface area contributed by atoms with E-state index in [2.05, 4.69) is 39.3 Å². The molecule has 1 aromatic heterocycles. The predicted octanol–water partition coefficient (Wildman–Crippen LogP) is 5.42. The number of piperidine rings is 1. The predicted molar refractivity (Wildman–Crippen MR) is 271 cm³/mol. The number of hydrogen-bond donors (Lipinski definition) is 5. The quantitative estimate of drug-likeness (QED) is 0.179. The molecule has 5 N–H and O–H groups in total.